The van der Waals surface area contributed by atoms with Gasteiger partial charge < -0.3 is 5.73 Å². The van der Waals surface area contributed by atoms with Crippen molar-refractivity contribution in [2.75, 3.05) is 5.75 Å². The molecule has 1 saturated heterocycles. The molecule has 2 unspecified atom stereocenters. The predicted octanol–water partition coefficient (Wildman–Crippen LogP) is 2.52. The highest BCUT2D eigenvalue weighted by molar-refractivity contribution is 7.99. The van der Waals surface area contributed by atoms with Crippen molar-refractivity contribution in [3.63, 3.8) is 0 Å². The van der Waals surface area contributed by atoms with E-state index >= 15 is 0 Å². The quantitative estimate of drug-likeness (QED) is 0.865. The first kappa shape index (κ1) is 10.4. The molecule has 5 heteroatoms. The lowest BCUT2D eigenvalue weighted by molar-refractivity contribution is 0.680. The van der Waals surface area contributed by atoms with Gasteiger partial charge in [0.25, 0.3) is 0 Å². The van der Waals surface area contributed by atoms with E-state index in [1.165, 1.54) is 23.6 Å². The Morgan fingerprint density at radius 3 is 3.07 bits per heavy atom. The van der Waals surface area contributed by atoms with Gasteiger partial charge in [0, 0.05) is 0 Å². The van der Waals surface area contributed by atoms with E-state index in [9.17, 15) is 0 Å². The molecule has 2 N–H and O–H groups in total. The van der Waals surface area contributed by atoms with Gasteiger partial charge in [0.15, 0.2) is 0 Å². The number of nitrogens with zero attached hydrogens (tertiary/aromatic N) is 2. The monoisotopic (exact) mass is 229 g/mol. The molecule has 14 heavy (non-hydrogen) atoms. The standard InChI is InChI=1S/C9H15N3S2/c1-2-6(10)8-11-12-9(14-8)7-4-3-5-13-7/h6-7H,2-5,10H2,1H3. The number of thioether (sulfide) groups is 1. The number of hydrogen-bond donors (Lipinski definition) is 1. The molecule has 1 fully saturated rings. The summed E-state index contributed by atoms with van der Waals surface area (Å²) in [6.07, 6.45) is 3.50. The van der Waals surface area contributed by atoms with Crippen molar-refractivity contribution in [2.45, 2.75) is 37.5 Å². The van der Waals surface area contributed by atoms with E-state index in [2.05, 4.69) is 17.1 Å². The third-order valence-electron chi connectivity index (χ3n) is 2.42. The van der Waals surface area contributed by atoms with Crippen molar-refractivity contribution < 1.29 is 0 Å². The molecule has 2 heterocycles. The molecule has 0 spiro atoms. The Morgan fingerprint density at radius 1 is 1.57 bits per heavy atom. The van der Waals surface area contributed by atoms with Crippen LogP contribution < -0.4 is 5.73 Å². The van der Waals surface area contributed by atoms with Crippen LogP contribution in [0.25, 0.3) is 0 Å². The van der Waals surface area contributed by atoms with E-state index in [1.807, 2.05) is 11.8 Å². The Labute approximate surface area is 92.5 Å². The van der Waals surface area contributed by atoms with Crippen LogP contribution in [0.3, 0.4) is 0 Å². The highest BCUT2D eigenvalue weighted by atomic mass is 32.2. The van der Waals surface area contributed by atoms with Gasteiger partial charge in [0.05, 0.1) is 11.3 Å². The zero-order valence-electron chi connectivity index (χ0n) is 8.27. The Morgan fingerprint density at radius 2 is 2.43 bits per heavy atom. The lowest BCUT2D eigenvalue weighted by Gasteiger charge is -2.02. The van der Waals surface area contributed by atoms with E-state index in [4.69, 9.17) is 5.73 Å². The van der Waals surface area contributed by atoms with Gasteiger partial charge in [0.1, 0.15) is 10.0 Å². The third-order valence-corrected chi connectivity index (χ3v) is 5.12. The van der Waals surface area contributed by atoms with Crippen LogP contribution in [0, 0.1) is 0 Å². The molecule has 0 aliphatic carbocycles. The van der Waals surface area contributed by atoms with E-state index in [0.29, 0.717) is 5.25 Å². The molecule has 78 valence electrons. The summed E-state index contributed by atoms with van der Waals surface area (Å²) < 4.78 is 0. The van der Waals surface area contributed by atoms with E-state index in [0.717, 1.165) is 11.4 Å². The largest absolute Gasteiger partial charge is 0.322 e. The zero-order chi connectivity index (χ0) is 9.97. The van der Waals surface area contributed by atoms with Gasteiger partial charge in [-0.2, -0.15) is 11.8 Å². The van der Waals surface area contributed by atoms with E-state index in [1.54, 1.807) is 11.3 Å². The number of rotatable bonds is 3. The van der Waals surface area contributed by atoms with Gasteiger partial charge in [-0.25, -0.2) is 0 Å². The average molecular weight is 229 g/mol. The minimum Gasteiger partial charge on any atom is -0.322 e. The molecule has 0 aromatic carbocycles. The summed E-state index contributed by atoms with van der Waals surface area (Å²) in [7, 11) is 0. The average Bonchev–Trinajstić information content (AvgIpc) is 2.86. The fourth-order valence-electron chi connectivity index (χ4n) is 1.47. The lowest BCUT2D eigenvalue weighted by atomic mass is 10.3. The topological polar surface area (TPSA) is 51.8 Å². The lowest BCUT2D eigenvalue weighted by Crippen LogP contribution is -2.07. The van der Waals surface area contributed by atoms with E-state index in [-0.39, 0.29) is 6.04 Å². The summed E-state index contributed by atoms with van der Waals surface area (Å²) in [4.78, 5) is 0. The molecular formula is C9H15N3S2. The van der Waals surface area contributed by atoms with Crippen molar-refractivity contribution in [2.24, 2.45) is 5.73 Å². The Hall–Kier alpha value is -0.130. The fourth-order valence-corrected chi connectivity index (χ4v) is 3.91. The third kappa shape index (κ3) is 2.10. The second kappa shape index (κ2) is 4.59. The van der Waals surface area contributed by atoms with Crippen LogP contribution in [0.1, 0.15) is 47.5 Å². The van der Waals surface area contributed by atoms with Crippen LogP contribution in [0.4, 0.5) is 0 Å². The molecule has 3 nitrogen and oxygen atoms in total. The summed E-state index contributed by atoms with van der Waals surface area (Å²) in [5, 5.41) is 11.2. The zero-order valence-corrected chi connectivity index (χ0v) is 9.90. The minimum atomic E-state index is 0.0765. The number of aromatic nitrogens is 2. The molecule has 2 atom stereocenters. The first-order chi connectivity index (χ1) is 6.81. The fraction of sp³-hybridized carbons (Fsp3) is 0.778. The number of nitrogens with two attached hydrogens (primary N) is 1. The minimum absolute atomic E-state index is 0.0765. The summed E-state index contributed by atoms with van der Waals surface area (Å²) in [5.74, 6) is 1.26. The summed E-state index contributed by atoms with van der Waals surface area (Å²) in [6, 6.07) is 0.0765. The summed E-state index contributed by atoms with van der Waals surface area (Å²) >= 11 is 3.69. The van der Waals surface area contributed by atoms with Crippen LogP contribution in [-0.2, 0) is 0 Å². The van der Waals surface area contributed by atoms with Crippen molar-refractivity contribution in [1.82, 2.24) is 10.2 Å². The van der Waals surface area contributed by atoms with Crippen LogP contribution in [-0.4, -0.2) is 16.0 Å². The predicted molar refractivity (Wildman–Crippen MR) is 61.6 cm³/mol. The Kier molecular flexibility index (Phi) is 3.41. The molecular weight excluding hydrogens is 214 g/mol. The molecule has 1 aromatic rings. The normalized spacial score (nSPS) is 24.0. The molecule has 1 aromatic heterocycles. The maximum atomic E-state index is 5.91. The van der Waals surface area contributed by atoms with Gasteiger partial charge in [0.2, 0.25) is 0 Å². The van der Waals surface area contributed by atoms with Gasteiger partial charge in [-0.05, 0) is 25.0 Å². The van der Waals surface area contributed by atoms with Crippen LogP contribution >= 0.6 is 23.1 Å². The highest BCUT2D eigenvalue weighted by Crippen LogP contribution is 2.41. The van der Waals surface area contributed by atoms with Gasteiger partial charge in [-0.1, -0.05) is 18.3 Å². The van der Waals surface area contributed by atoms with Gasteiger partial charge in [-0.3, -0.25) is 0 Å². The maximum absolute atomic E-state index is 5.91. The Balaban J connectivity index is 2.08. The van der Waals surface area contributed by atoms with Crippen molar-refractivity contribution in [3.8, 4) is 0 Å². The van der Waals surface area contributed by atoms with Gasteiger partial charge in [-0.15, -0.1) is 10.2 Å². The maximum Gasteiger partial charge on any atom is 0.134 e. The Bertz CT molecular complexity index is 294. The molecule has 1 aliphatic rings. The summed E-state index contributed by atoms with van der Waals surface area (Å²) in [6.45, 7) is 2.08. The summed E-state index contributed by atoms with van der Waals surface area (Å²) in [5.41, 5.74) is 5.91. The molecule has 0 bridgehead atoms. The second-order valence-electron chi connectivity index (χ2n) is 3.49. The second-order valence-corrected chi connectivity index (χ2v) is 5.85. The molecule has 1 aliphatic heterocycles. The number of hydrogen-bond acceptors (Lipinski definition) is 5. The highest BCUT2D eigenvalue weighted by Gasteiger charge is 2.22. The van der Waals surface area contributed by atoms with Crippen molar-refractivity contribution in [3.05, 3.63) is 10.0 Å². The first-order valence-electron chi connectivity index (χ1n) is 5.01. The molecule has 2 rings (SSSR count). The van der Waals surface area contributed by atoms with Crippen molar-refractivity contribution in [1.29, 1.82) is 0 Å². The first-order valence-corrected chi connectivity index (χ1v) is 6.88. The van der Waals surface area contributed by atoms with Gasteiger partial charge >= 0.3 is 0 Å². The van der Waals surface area contributed by atoms with Crippen LogP contribution in [0.15, 0.2) is 0 Å². The molecule has 0 saturated carbocycles. The van der Waals surface area contributed by atoms with Crippen molar-refractivity contribution >= 4 is 23.1 Å². The van der Waals surface area contributed by atoms with Crippen LogP contribution in [0.5, 0.6) is 0 Å². The van der Waals surface area contributed by atoms with Crippen LogP contribution in [0.2, 0.25) is 0 Å². The SMILES string of the molecule is CCC(N)c1nnc(C2CCCS2)s1. The molecule has 0 radical (unpaired) electrons. The van der Waals surface area contributed by atoms with E-state index < -0.39 is 0 Å². The smallest absolute Gasteiger partial charge is 0.134 e. The molecule has 0 amide bonds.